The van der Waals surface area contributed by atoms with Gasteiger partial charge in [0.1, 0.15) is 18.6 Å². The number of hydrogen-bond acceptors (Lipinski definition) is 14. The van der Waals surface area contributed by atoms with Gasteiger partial charge in [-0.05, 0) is 56.5 Å². The van der Waals surface area contributed by atoms with Crippen molar-refractivity contribution in [2.24, 2.45) is 0 Å². The molecule has 11 rings (SSSR count). The highest BCUT2D eigenvalue weighted by molar-refractivity contribution is 7.99. The zero-order valence-electron chi connectivity index (χ0n) is 31.7. The van der Waals surface area contributed by atoms with E-state index in [0.717, 1.165) is 27.6 Å². The fourth-order valence-electron chi connectivity index (χ4n) is 10.7. The summed E-state index contributed by atoms with van der Waals surface area (Å²) in [5, 5.41) is 39.2. The quantitative estimate of drug-likeness (QED) is 0.151. The molecule has 7 aliphatic rings. The predicted molar refractivity (Wildman–Crippen MR) is 204 cm³/mol. The number of thioether (sulfide) groups is 1. The molecule has 0 aliphatic carbocycles. The standard InChI is InChI=1S/C41H44N4O10S/c1-17-10-20-11-25-39(49)45-26-14-52-40(50)41(38-23(12-21(13-46)43-41)22-8-6-7-9-24(22)42-38)15-56-37(31(45)30(44(25)4)27(20)32(48)33(17)51-5)29-28(26)36-35(53-16-54-36)18(2)34(29)55-19(3)47/h6-10,21,25-26,30-31,37,39,42-43,46,48-49H,11-16H2,1-5H3/t21-,25-,26-,30-,31+,37+,39-,41+/m0/s1. The number of benzene rings is 3. The number of carbonyl (C=O) groups is 2. The normalized spacial score (nSPS) is 30.3. The first kappa shape index (κ1) is 35.9. The number of H-pyrrole nitrogens is 1. The number of likely N-dealkylation sites (N-methyl/N-ethyl adjacent to an activating group) is 1. The van der Waals surface area contributed by atoms with Gasteiger partial charge in [0.2, 0.25) is 6.79 Å². The number of nitrogens with zero attached hydrogens (tertiary/aromatic N) is 2. The monoisotopic (exact) mass is 784 g/mol. The van der Waals surface area contributed by atoms with Crippen molar-refractivity contribution in [2.45, 2.75) is 80.8 Å². The Morgan fingerprint density at radius 3 is 2.64 bits per heavy atom. The summed E-state index contributed by atoms with van der Waals surface area (Å²) in [4.78, 5) is 35.6. The number of aromatic hydroxyl groups is 1. The second-order valence-electron chi connectivity index (χ2n) is 15.8. The lowest BCUT2D eigenvalue weighted by molar-refractivity contribution is -0.186. The minimum absolute atomic E-state index is 0.0414. The predicted octanol–water partition coefficient (Wildman–Crippen LogP) is 3.54. The van der Waals surface area contributed by atoms with Crippen LogP contribution < -0.4 is 24.3 Å². The maximum absolute atomic E-state index is 14.9. The summed E-state index contributed by atoms with van der Waals surface area (Å²) in [6.45, 7) is 4.62. The van der Waals surface area contributed by atoms with Crippen LogP contribution in [0.3, 0.4) is 0 Å². The Balaban J connectivity index is 1.25. The van der Waals surface area contributed by atoms with Crippen molar-refractivity contribution in [3.05, 3.63) is 75.0 Å². The molecule has 0 unspecified atom stereocenters. The summed E-state index contributed by atoms with van der Waals surface area (Å²) < 4.78 is 30.6. The summed E-state index contributed by atoms with van der Waals surface area (Å²) in [7, 11) is 3.51. The number of aromatic amines is 1. The Kier molecular flexibility index (Phi) is 8.17. The van der Waals surface area contributed by atoms with Gasteiger partial charge in [-0.1, -0.05) is 24.3 Å². The summed E-state index contributed by atoms with van der Waals surface area (Å²) in [6.07, 6.45) is -0.0981. The maximum Gasteiger partial charge on any atom is 0.333 e. The molecule has 4 bridgehead atoms. The number of piperazine rings is 1. The van der Waals surface area contributed by atoms with Gasteiger partial charge < -0.3 is 44.0 Å². The molecule has 4 aromatic rings. The Morgan fingerprint density at radius 1 is 1.09 bits per heavy atom. The van der Waals surface area contributed by atoms with Crippen LogP contribution in [0.1, 0.15) is 68.9 Å². The number of aliphatic hydroxyl groups excluding tert-OH is 2. The molecule has 5 N–H and O–H groups in total. The molecule has 8 atom stereocenters. The molecule has 0 radical (unpaired) electrons. The maximum atomic E-state index is 14.9. The Morgan fingerprint density at radius 2 is 1.88 bits per heavy atom. The molecule has 8 heterocycles. The van der Waals surface area contributed by atoms with Crippen LogP contribution in [0.15, 0.2) is 30.3 Å². The lowest BCUT2D eigenvalue weighted by Crippen LogP contribution is -2.70. The Labute approximate surface area is 327 Å². The number of phenolic OH excluding ortho intramolecular Hbond substituents is 1. The van der Waals surface area contributed by atoms with Crippen LogP contribution in [-0.2, 0) is 32.7 Å². The van der Waals surface area contributed by atoms with Crippen molar-refractivity contribution >= 4 is 34.6 Å². The first-order valence-corrected chi connectivity index (χ1v) is 20.0. The molecule has 2 saturated heterocycles. The topological polar surface area (TPSA) is 175 Å². The van der Waals surface area contributed by atoms with Gasteiger partial charge in [-0.25, -0.2) is 4.79 Å². The van der Waals surface area contributed by atoms with E-state index < -0.39 is 59.2 Å². The third-order valence-corrected chi connectivity index (χ3v) is 14.4. The molecule has 56 heavy (non-hydrogen) atoms. The molecule has 1 spiro atoms. The first-order chi connectivity index (χ1) is 27.0. The number of nitrogens with one attached hydrogen (secondary N) is 2. The molecule has 14 nitrogen and oxygen atoms in total. The van der Waals surface area contributed by atoms with Crippen molar-refractivity contribution in [2.75, 3.05) is 39.9 Å². The molecule has 0 saturated carbocycles. The van der Waals surface area contributed by atoms with Crippen LogP contribution in [0.4, 0.5) is 0 Å². The minimum atomic E-state index is -1.42. The van der Waals surface area contributed by atoms with E-state index >= 15 is 0 Å². The number of aromatic nitrogens is 1. The van der Waals surface area contributed by atoms with Gasteiger partial charge in [0.25, 0.3) is 0 Å². The number of carbonyl (C=O) groups excluding carboxylic acids is 2. The van der Waals surface area contributed by atoms with Gasteiger partial charge in [-0.15, -0.1) is 11.8 Å². The van der Waals surface area contributed by atoms with E-state index in [1.165, 1.54) is 25.8 Å². The second kappa shape index (κ2) is 12.7. The summed E-state index contributed by atoms with van der Waals surface area (Å²) >= 11 is 1.47. The number of aryl methyl sites for hydroxylation is 1. The lowest BCUT2D eigenvalue weighted by Gasteiger charge is -2.62. The highest BCUT2D eigenvalue weighted by Crippen LogP contribution is 2.64. The summed E-state index contributed by atoms with van der Waals surface area (Å²) in [5.41, 5.74) is 5.36. The van der Waals surface area contributed by atoms with Crippen LogP contribution >= 0.6 is 11.8 Å². The highest BCUT2D eigenvalue weighted by Gasteiger charge is 2.62. The van der Waals surface area contributed by atoms with Crippen LogP contribution in [0.2, 0.25) is 0 Å². The van der Waals surface area contributed by atoms with Crippen molar-refractivity contribution < 1.29 is 48.6 Å². The molecule has 294 valence electrons. The average Bonchev–Trinajstić information content (AvgIpc) is 3.82. The molecule has 0 amide bonds. The number of methoxy groups -OCH3 is 1. The molecule has 7 aliphatic heterocycles. The first-order valence-electron chi connectivity index (χ1n) is 19.0. The van der Waals surface area contributed by atoms with E-state index in [1.54, 1.807) is 0 Å². The molecule has 3 aromatic carbocycles. The van der Waals surface area contributed by atoms with Crippen molar-refractivity contribution in [1.82, 2.24) is 20.1 Å². The Hall–Kier alpha value is -4.51. The largest absolute Gasteiger partial charge is 0.504 e. The fourth-order valence-corrected chi connectivity index (χ4v) is 12.3. The number of para-hydroxylation sites is 1. The minimum Gasteiger partial charge on any atom is -0.504 e. The number of rotatable bonds is 3. The molecule has 2 fully saturated rings. The summed E-state index contributed by atoms with van der Waals surface area (Å²) in [5.74, 6) is 0.732. The fraction of sp³-hybridized carbons (Fsp3) is 0.463. The third-order valence-electron chi connectivity index (χ3n) is 12.9. The van der Waals surface area contributed by atoms with Crippen molar-refractivity contribution in [3.63, 3.8) is 0 Å². The molecular formula is C41H44N4O10S. The number of phenols is 1. The van der Waals surface area contributed by atoms with Gasteiger partial charge in [0.15, 0.2) is 28.5 Å². The van der Waals surface area contributed by atoms with Gasteiger partial charge in [0.05, 0.1) is 42.8 Å². The zero-order valence-corrected chi connectivity index (χ0v) is 32.5. The molecule has 1 aromatic heterocycles. The second-order valence-corrected chi connectivity index (χ2v) is 17.0. The Bertz CT molecular complexity index is 2350. The zero-order chi connectivity index (χ0) is 38.9. The number of aliphatic hydroxyl groups is 2. The lowest BCUT2D eigenvalue weighted by atomic mass is 9.73. The van der Waals surface area contributed by atoms with E-state index in [1.807, 2.05) is 56.1 Å². The molecule has 15 heteroatoms. The van der Waals surface area contributed by atoms with Gasteiger partial charge >= 0.3 is 11.9 Å². The smallest absolute Gasteiger partial charge is 0.333 e. The van der Waals surface area contributed by atoms with Crippen LogP contribution in [-0.4, -0.2) is 106 Å². The van der Waals surface area contributed by atoms with Crippen molar-refractivity contribution in [3.8, 4) is 28.7 Å². The van der Waals surface area contributed by atoms with E-state index in [-0.39, 0.29) is 31.5 Å². The van der Waals surface area contributed by atoms with Crippen LogP contribution in [0.5, 0.6) is 28.7 Å². The third kappa shape index (κ3) is 4.75. The summed E-state index contributed by atoms with van der Waals surface area (Å²) in [6, 6.07) is 7.21. The van der Waals surface area contributed by atoms with Crippen LogP contribution in [0.25, 0.3) is 10.9 Å². The number of fused-ring (bicyclic) bond motifs is 11. The van der Waals surface area contributed by atoms with Crippen molar-refractivity contribution in [1.29, 1.82) is 0 Å². The molecular weight excluding hydrogens is 741 g/mol. The van der Waals surface area contributed by atoms with Crippen LogP contribution in [0, 0.1) is 13.8 Å². The number of ether oxygens (including phenoxy) is 5. The highest BCUT2D eigenvalue weighted by atomic mass is 32.2. The van der Waals surface area contributed by atoms with Gasteiger partial charge in [-0.3, -0.25) is 19.9 Å². The van der Waals surface area contributed by atoms with E-state index in [0.29, 0.717) is 63.8 Å². The number of hydrogen-bond donors (Lipinski definition) is 5. The van der Waals surface area contributed by atoms with Gasteiger partial charge in [0, 0.05) is 57.9 Å². The average molecular weight is 785 g/mol. The van der Waals surface area contributed by atoms with E-state index in [9.17, 15) is 24.9 Å². The number of esters is 2. The SMILES string of the molecule is COc1c(C)cc2c(c1O)[C@H]1[C@@H]3[C@@H]4SC[C@]5(N[C@H](CO)Cc6c5[nH]c5ccccc65)C(=O)OC[C@@H](c5c6c(c(C)c(OC(C)=O)c54)OCO6)N3[C@@H](O)[C@H](C2)N1C. The van der Waals surface area contributed by atoms with E-state index in [2.05, 4.69) is 15.2 Å². The van der Waals surface area contributed by atoms with E-state index in [4.69, 9.17) is 23.7 Å². The van der Waals surface area contributed by atoms with Gasteiger partial charge in [-0.2, -0.15) is 0 Å².